The van der Waals surface area contributed by atoms with E-state index in [-0.39, 0.29) is 11.9 Å². The number of rotatable bonds is 4. The van der Waals surface area contributed by atoms with Crippen LogP contribution in [0.5, 0.6) is 5.88 Å². The van der Waals surface area contributed by atoms with Gasteiger partial charge in [0, 0.05) is 30.8 Å². The number of carbonyl (C=O) groups excluding carboxylic acids is 1. The molecule has 0 aliphatic carbocycles. The van der Waals surface area contributed by atoms with Crippen LogP contribution in [0.2, 0.25) is 0 Å². The summed E-state index contributed by atoms with van der Waals surface area (Å²) in [6.07, 6.45) is 5.09. The van der Waals surface area contributed by atoms with Crippen molar-refractivity contribution >= 4 is 17.4 Å². The molecule has 0 unspecified atom stereocenters. The molecule has 0 bridgehead atoms. The molecule has 0 radical (unpaired) electrons. The zero-order chi connectivity index (χ0) is 20.3. The van der Waals surface area contributed by atoms with Gasteiger partial charge in [-0.25, -0.2) is 9.67 Å². The van der Waals surface area contributed by atoms with Crippen molar-refractivity contribution < 1.29 is 9.53 Å². The number of methoxy groups -OCH3 is 1. The molecule has 1 saturated heterocycles. The zero-order valence-electron chi connectivity index (χ0n) is 16.8. The highest BCUT2D eigenvalue weighted by atomic mass is 16.5. The molecule has 0 spiro atoms. The first kappa shape index (κ1) is 19.7. The Morgan fingerprint density at radius 3 is 2.61 bits per heavy atom. The summed E-state index contributed by atoms with van der Waals surface area (Å²) in [4.78, 5) is 18.6. The van der Waals surface area contributed by atoms with Crippen LogP contribution in [0.25, 0.3) is 0 Å². The first-order valence-corrected chi connectivity index (χ1v) is 9.38. The second-order valence-electron chi connectivity index (χ2n) is 7.91. The van der Waals surface area contributed by atoms with E-state index in [0.717, 1.165) is 37.4 Å². The van der Waals surface area contributed by atoms with E-state index >= 15 is 0 Å². The van der Waals surface area contributed by atoms with Crippen molar-refractivity contribution in [3.63, 3.8) is 0 Å². The summed E-state index contributed by atoms with van der Waals surface area (Å²) in [7, 11) is 1.52. The first-order valence-electron chi connectivity index (χ1n) is 9.38. The van der Waals surface area contributed by atoms with Gasteiger partial charge in [0.2, 0.25) is 11.8 Å². The quantitative estimate of drug-likeness (QED) is 0.873. The smallest absolute Gasteiger partial charge is 0.233 e. The molecular formula is C20H26N6O2. The predicted octanol–water partition coefficient (Wildman–Crippen LogP) is 2.98. The molecule has 1 N–H and O–H groups in total. The lowest BCUT2D eigenvalue weighted by Crippen LogP contribution is -2.36. The predicted molar refractivity (Wildman–Crippen MR) is 106 cm³/mol. The molecule has 8 nitrogen and oxygen atoms in total. The SMILES string of the molecule is COc1nccc(N2CCC(n3nccc3NC(=O)C(C)(C)C)CC2)c1C#N. The average Bonchev–Trinajstić information content (AvgIpc) is 3.14. The van der Waals surface area contributed by atoms with E-state index in [1.165, 1.54) is 7.11 Å². The number of piperidine rings is 1. The molecule has 148 valence electrons. The number of hydrogen-bond donors (Lipinski definition) is 1. The second-order valence-corrected chi connectivity index (χ2v) is 7.91. The van der Waals surface area contributed by atoms with E-state index in [1.54, 1.807) is 12.4 Å². The van der Waals surface area contributed by atoms with Gasteiger partial charge in [-0.05, 0) is 18.9 Å². The lowest BCUT2D eigenvalue weighted by Gasteiger charge is -2.34. The highest BCUT2D eigenvalue weighted by Crippen LogP contribution is 2.32. The van der Waals surface area contributed by atoms with E-state index < -0.39 is 5.41 Å². The Bertz CT molecular complexity index is 885. The molecule has 1 fully saturated rings. The summed E-state index contributed by atoms with van der Waals surface area (Å²) in [5.74, 6) is 1.04. The first-order chi connectivity index (χ1) is 13.3. The van der Waals surface area contributed by atoms with Crippen LogP contribution in [0, 0.1) is 16.7 Å². The summed E-state index contributed by atoms with van der Waals surface area (Å²) in [5, 5.41) is 16.9. The third-order valence-corrected chi connectivity index (χ3v) is 4.94. The third kappa shape index (κ3) is 3.93. The highest BCUT2D eigenvalue weighted by molar-refractivity contribution is 5.93. The molecule has 1 aliphatic heterocycles. The normalized spacial score (nSPS) is 15.2. The maximum atomic E-state index is 12.3. The van der Waals surface area contributed by atoms with Crippen molar-refractivity contribution in [2.24, 2.45) is 5.41 Å². The van der Waals surface area contributed by atoms with Crippen molar-refractivity contribution in [1.82, 2.24) is 14.8 Å². The van der Waals surface area contributed by atoms with Crippen LogP contribution >= 0.6 is 0 Å². The van der Waals surface area contributed by atoms with Crippen LogP contribution in [0.3, 0.4) is 0 Å². The van der Waals surface area contributed by atoms with Gasteiger partial charge < -0.3 is 15.0 Å². The van der Waals surface area contributed by atoms with Gasteiger partial charge in [0.15, 0.2) is 0 Å². The molecule has 1 amide bonds. The largest absolute Gasteiger partial charge is 0.480 e. The summed E-state index contributed by atoms with van der Waals surface area (Å²) in [6.45, 7) is 7.21. The number of nitriles is 1. The molecule has 0 atom stereocenters. The molecule has 0 saturated carbocycles. The van der Waals surface area contributed by atoms with Crippen molar-refractivity contribution in [1.29, 1.82) is 5.26 Å². The van der Waals surface area contributed by atoms with Gasteiger partial charge in [0.05, 0.1) is 25.0 Å². The molecule has 3 heterocycles. The summed E-state index contributed by atoms with van der Waals surface area (Å²) >= 11 is 0. The van der Waals surface area contributed by atoms with Crippen molar-refractivity contribution in [2.75, 3.05) is 30.4 Å². The molecule has 0 aromatic carbocycles. The van der Waals surface area contributed by atoms with Crippen LogP contribution in [0.4, 0.5) is 11.5 Å². The average molecular weight is 382 g/mol. The number of ether oxygens (including phenoxy) is 1. The number of aromatic nitrogens is 3. The van der Waals surface area contributed by atoms with E-state index in [9.17, 15) is 10.1 Å². The molecule has 1 aliphatic rings. The van der Waals surface area contributed by atoms with Crippen LogP contribution in [-0.4, -0.2) is 40.9 Å². The minimum Gasteiger partial charge on any atom is -0.480 e. The lowest BCUT2D eigenvalue weighted by atomic mass is 9.96. The van der Waals surface area contributed by atoms with E-state index in [2.05, 4.69) is 26.4 Å². The molecule has 8 heteroatoms. The summed E-state index contributed by atoms with van der Waals surface area (Å²) in [6, 6.07) is 6.07. The number of carbonyl (C=O) groups is 1. The topological polar surface area (TPSA) is 96.1 Å². The van der Waals surface area contributed by atoms with Crippen LogP contribution < -0.4 is 15.0 Å². The molecule has 3 rings (SSSR count). The van der Waals surface area contributed by atoms with E-state index in [1.807, 2.05) is 37.6 Å². The number of nitrogens with one attached hydrogen (secondary N) is 1. The fourth-order valence-electron chi connectivity index (χ4n) is 3.32. The van der Waals surface area contributed by atoms with Crippen molar-refractivity contribution in [2.45, 2.75) is 39.7 Å². The van der Waals surface area contributed by atoms with Gasteiger partial charge in [0.25, 0.3) is 0 Å². The second kappa shape index (κ2) is 7.89. The Hall–Kier alpha value is -3.08. The monoisotopic (exact) mass is 382 g/mol. The lowest BCUT2D eigenvalue weighted by molar-refractivity contribution is -0.123. The van der Waals surface area contributed by atoms with Gasteiger partial charge in [-0.3, -0.25) is 4.79 Å². The third-order valence-electron chi connectivity index (χ3n) is 4.94. The minimum absolute atomic E-state index is 0.0331. The fraction of sp³-hybridized carbons (Fsp3) is 0.500. The van der Waals surface area contributed by atoms with Gasteiger partial charge in [-0.15, -0.1) is 0 Å². The Morgan fingerprint density at radius 2 is 2.00 bits per heavy atom. The minimum atomic E-state index is -0.466. The Kier molecular flexibility index (Phi) is 5.54. The van der Waals surface area contributed by atoms with Crippen LogP contribution in [0.15, 0.2) is 24.5 Å². The molecule has 2 aromatic heterocycles. The Morgan fingerprint density at radius 1 is 1.29 bits per heavy atom. The number of hydrogen-bond acceptors (Lipinski definition) is 6. The fourth-order valence-corrected chi connectivity index (χ4v) is 3.32. The maximum Gasteiger partial charge on any atom is 0.233 e. The summed E-state index contributed by atoms with van der Waals surface area (Å²) in [5.41, 5.74) is 0.835. The van der Waals surface area contributed by atoms with Gasteiger partial charge in [-0.2, -0.15) is 10.4 Å². The molecule has 2 aromatic rings. The van der Waals surface area contributed by atoms with E-state index in [0.29, 0.717) is 11.4 Å². The number of anilines is 2. The van der Waals surface area contributed by atoms with Crippen molar-refractivity contribution in [3.05, 3.63) is 30.1 Å². The Balaban J connectivity index is 1.72. The Labute approximate surface area is 165 Å². The molecule has 28 heavy (non-hydrogen) atoms. The van der Waals surface area contributed by atoms with Crippen LogP contribution in [0.1, 0.15) is 45.2 Å². The molecular weight excluding hydrogens is 356 g/mol. The van der Waals surface area contributed by atoms with Gasteiger partial charge in [-0.1, -0.05) is 20.8 Å². The maximum absolute atomic E-state index is 12.3. The van der Waals surface area contributed by atoms with Crippen LogP contribution in [-0.2, 0) is 4.79 Å². The summed E-state index contributed by atoms with van der Waals surface area (Å²) < 4.78 is 7.12. The van der Waals surface area contributed by atoms with E-state index in [4.69, 9.17) is 4.74 Å². The number of nitrogens with zero attached hydrogens (tertiary/aromatic N) is 5. The zero-order valence-corrected chi connectivity index (χ0v) is 16.8. The van der Waals surface area contributed by atoms with Gasteiger partial charge in [0.1, 0.15) is 17.5 Å². The number of pyridine rings is 1. The number of amides is 1. The highest BCUT2D eigenvalue weighted by Gasteiger charge is 2.27. The van der Waals surface area contributed by atoms with Gasteiger partial charge >= 0.3 is 0 Å². The standard InChI is InChI=1S/C20H26N6O2/c1-20(2,3)19(27)24-17-6-10-23-26(17)14-7-11-25(12-8-14)16-5-9-22-18(28-4)15(16)13-21/h5-6,9-10,14H,7-8,11-12H2,1-4H3,(H,24,27). The van der Waals surface area contributed by atoms with Crippen molar-refractivity contribution in [3.8, 4) is 11.9 Å².